The van der Waals surface area contributed by atoms with Crippen LogP contribution >= 0.6 is 0 Å². The highest BCUT2D eigenvalue weighted by molar-refractivity contribution is 5.79. The fourth-order valence-electron chi connectivity index (χ4n) is 2.07. The van der Waals surface area contributed by atoms with E-state index in [9.17, 15) is 4.79 Å². The zero-order valence-corrected chi connectivity index (χ0v) is 10.8. The second-order valence-electron chi connectivity index (χ2n) is 5.98. The van der Waals surface area contributed by atoms with Gasteiger partial charge in [0.15, 0.2) is 0 Å². The summed E-state index contributed by atoms with van der Waals surface area (Å²) in [5.41, 5.74) is 0.445. The molecule has 1 aliphatic carbocycles. The van der Waals surface area contributed by atoms with Crippen molar-refractivity contribution in [3.63, 3.8) is 0 Å². The molecule has 0 atom stereocenters. The first kappa shape index (κ1) is 12.5. The van der Waals surface area contributed by atoms with Crippen LogP contribution in [0.5, 0.6) is 0 Å². The Morgan fingerprint density at radius 3 is 2.00 bits per heavy atom. The molecule has 0 radical (unpaired) electrons. The molecule has 0 heterocycles. The molecule has 0 aliphatic heterocycles. The van der Waals surface area contributed by atoms with Gasteiger partial charge in [-0.25, -0.2) is 0 Å². The van der Waals surface area contributed by atoms with E-state index in [0.29, 0.717) is 18.6 Å². The third-order valence-electron chi connectivity index (χ3n) is 4.00. The first-order chi connectivity index (χ1) is 6.69. The minimum absolute atomic E-state index is 0.104. The number of hydrogen-bond acceptors (Lipinski definition) is 2. The van der Waals surface area contributed by atoms with E-state index in [-0.39, 0.29) is 16.7 Å². The molecule has 0 aromatic rings. The highest BCUT2D eigenvalue weighted by Gasteiger charge is 2.65. The molecule has 88 valence electrons. The second kappa shape index (κ2) is 3.78. The van der Waals surface area contributed by atoms with E-state index in [1.54, 1.807) is 0 Å². The van der Waals surface area contributed by atoms with Gasteiger partial charge in [-0.3, -0.25) is 4.79 Å². The van der Waals surface area contributed by atoms with Gasteiger partial charge in [0.05, 0.1) is 6.54 Å². The highest BCUT2D eigenvalue weighted by Crippen LogP contribution is 2.62. The van der Waals surface area contributed by atoms with Gasteiger partial charge in [0, 0.05) is 12.1 Å². The van der Waals surface area contributed by atoms with Crippen molar-refractivity contribution in [2.75, 3.05) is 6.54 Å². The molecule has 1 fully saturated rings. The normalized spacial score (nSPS) is 22.9. The summed E-state index contributed by atoms with van der Waals surface area (Å²) in [4.78, 5) is 11.6. The third-order valence-corrected chi connectivity index (χ3v) is 4.00. The Morgan fingerprint density at radius 1 is 1.20 bits per heavy atom. The standard InChI is InChI=1S/C12H24N2O/c1-8(2)13-7-9(15)14-10-11(3,4)12(10,5)6/h8,10,13H,7H2,1-6H3,(H,14,15). The van der Waals surface area contributed by atoms with Crippen molar-refractivity contribution in [3.05, 3.63) is 0 Å². The largest absolute Gasteiger partial charge is 0.351 e. The van der Waals surface area contributed by atoms with Crippen LogP contribution in [-0.2, 0) is 4.79 Å². The average molecular weight is 212 g/mol. The minimum Gasteiger partial charge on any atom is -0.351 e. The molecule has 0 bridgehead atoms. The lowest BCUT2D eigenvalue weighted by molar-refractivity contribution is -0.120. The maximum atomic E-state index is 11.6. The second-order valence-corrected chi connectivity index (χ2v) is 5.98. The molecule has 1 amide bonds. The molecule has 1 saturated carbocycles. The van der Waals surface area contributed by atoms with Crippen LogP contribution in [0.1, 0.15) is 41.5 Å². The van der Waals surface area contributed by atoms with E-state index in [4.69, 9.17) is 0 Å². The lowest BCUT2D eigenvalue weighted by atomic mass is 10.0. The minimum atomic E-state index is 0.104. The lowest BCUT2D eigenvalue weighted by Crippen LogP contribution is -2.39. The van der Waals surface area contributed by atoms with Gasteiger partial charge in [-0.15, -0.1) is 0 Å². The Balaban J connectivity index is 2.36. The van der Waals surface area contributed by atoms with E-state index >= 15 is 0 Å². The molecule has 1 rings (SSSR count). The first-order valence-corrected chi connectivity index (χ1v) is 5.72. The fraction of sp³-hybridized carbons (Fsp3) is 0.917. The molecule has 0 aromatic carbocycles. The van der Waals surface area contributed by atoms with E-state index < -0.39 is 0 Å². The predicted octanol–water partition coefficient (Wildman–Crippen LogP) is 1.54. The first-order valence-electron chi connectivity index (χ1n) is 5.72. The van der Waals surface area contributed by atoms with E-state index in [2.05, 4.69) is 38.3 Å². The van der Waals surface area contributed by atoms with Crippen LogP contribution in [0.4, 0.5) is 0 Å². The smallest absolute Gasteiger partial charge is 0.234 e. The lowest BCUT2D eigenvalue weighted by Gasteiger charge is -2.09. The number of amides is 1. The molecule has 0 aromatic heterocycles. The van der Waals surface area contributed by atoms with Crippen molar-refractivity contribution in [1.29, 1.82) is 0 Å². The van der Waals surface area contributed by atoms with Crippen LogP contribution < -0.4 is 10.6 Å². The van der Waals surface area contributed by atoms with Gasteiger partial charge in [-0.1, -0.05) is 41.5 Å². The van der Waals surface area contributed by atoms with E-state index in [1.165, 1.54) is 0 Å². The molecule has 15 heavy (non-hydrogen) atoms. The topological polar surface area (TPSA) is 41.1 Å². The van der Waals surface area contributed by atoms with E-state index in [0.717, 1.165) is 0 Å². The molecule has 3 heteroatoms. The van der Waals surface area contributed by atoms with Gasteiger partial charge >= 0.3 is 0 Å². The van der Waals surface area contributed by atoms with Crippen molar-refractivity contribution in [2.45, 2.75) is 53.6 Å². The van der Waals surface area contributed by atoms with Gasteiger partial charge in [-0.05, 0) is 10.8 Å². The summed E-state index contributed by atoms with van der Waals surface area (Å²) in [6, 6.07) is 0.669. The summed E-state index contributed by atoms with van der Waals surface area (Å²) in [7, 11) is 0. The predicted molar refractivity (Wildman–Crippen MR) is 62.6 cm³/mol. The van der Waals surface area contributed by atoms with Crippen LogP contribution in [0.3, 0.4) is 0 Å². The fourth-order valence-corrected chi connectivity index (χ4v) is 2.07. The SMILES string of the molecule is CC(C)NCC(=O)NC1C(C)(C)C1(C)C. The van der Waals surface area contributed by atoms with Crippen molar-refractivity contribution in [2.24, 2.45) is 10.8 Å². The molecular weight excluding hydrogens is 188 g/mol. The molecule has 1 aliphatic rings. The summed E-state index contributed by atoms with van der Waals surface area (Å²) in [5.74, 6) is 0.104. The van der Waals surface area contributed by atoms with Crippen LogP contribution in [0.25, 0.3) is 0 Å². The number of rotatable bonds is 4. The summed E-state index contributed by atoms with van der Waals surface area (Å²) in [5, 5.41) is 6.21. The quantitative estimate of drug-likeness (QED) is 0.742. The van der Waals surface area contributed by atoms with Gasteiger partial charge < -0.3 is 10.6 Å². The summed E-state index contributed by atoms with van der Waals surface area (Å²) in [6.07, 6.45) is 0. The molecule has 2 N–H and O–H groups in total. The third kappa shape index (κ3) is 2.33. The van der Waals surface area contributed by atoms with Crippen molar-refractivity contribution in [3.8, 4) is 0 Å². The van der Waals surface area contributed by atoms with Crippen LogP contribution in [-0.4, -0.2) is 24.5 Å². The Bertz CT molecular complexity index is 242. The monoisotopic (exact) mass is 212 g/mol. The molecule has 0 saturated heterocycles. The van der Waals surface area contributed by atoms with Gasteiger partial charge in [0.2, 0.25) is 5.91 Å². The molecule has 0 unspecified atom stereocenters. The Morgan fingerprint density at radius 2 is 1.67 bits per heavy atom. The van der Waals surface area contributed by atoms with Crippen molar-refractivity contribution in [1.82, 2.24) is 10.6 Å². The average Bonchev–Trinajstić information content (AvgIpc) is 2.44. The molecule has 0 spiro atoms. The Labute approximate surface area is 93.0 Å². The number of hydrogen-bond donors (Lipinski definition) is 2. The van der Waals surface area contributed by atoms with E-state index in [1.807, 2.05) is 13.8 Å². The number of carbonyl (C=O) groups excluding carboxylic acids is 1. The van der Waals surface area contributed by atoms with Crippen molar-refractivity contribution >= 4 is 5.91 Å². The zero-order valence-electron chi connectivity index (χ0n) is 10.8. The van der Waals surface area contributed by atoms with Gasteiger partial charge in [0.1, 0.15) is 0 Å². The molecule has 3 nitrogen and oxygen atoms in total. The Hall–Kier alpha value is -0.570. The van der Waals surface area contributed by atoms with Crippen LogP contribution in [0.2, 0.25) is 0 Å². The van der Waals surface area contributed by atoms with Gasteiger partial charge in [0.25, 0.3) is 0 Å². The zero-order chi connectivity index (χ0) is 11.9. The van der Waals surface area contributed by atoms with Crippen LogP contribution in [0.15, 0.2) is 0 Å². The number of nitrogens with one attached hydrogen (secondary N) is 2. The summed E-state index contributed by atoms with van der Waals surface area (Å²) in [6.45, 7) is 13.3. The summed E-state index contributed by atoms with van der Waals surface area (Å²) >= 11 is 0. The maximum Gasteiger partial charge on any atom is 0.234 e. The molecular formula is C12H24N2O. The number of carbonyl (C=O) groups is 1. The highest BCUT2D eigenvalue weighted by atomic mass is 16.2. The van der Waals surface area contributed by atoms with Gasteiger partial charge in [-0.2, -0.15) is 0 Å². The van der Waals surface area contributed by atoms with Crippen LogP contribution in [0, 0.1) is 10.8 Å². The Kier molecular flexibility index (Phi) is 3.15. The van der Waals surface area contributed by atoms with Crippen molar-refractivity contribution < 1.29 is 4.79 Å². The summed E-state index contributed by atoms with van der Waals surface area (Å²) < 4.78 is 0. The maximum absolute atomic E-state index is 11.6.